The van der Waals surface area contributed by atoms with Crippen LogP contribution in [0.4, 0.5) is 0 Å². The second-order valence-corrected chi connectivity index (χ2v) is 9.20. The molecule has 0 aromatic carbocycles. The van der Waals surface area contributed by atoms with Gasteiger partial charge in [-0.1, -0.05) is 51.9 Å². The Morgan fingerprint density at radius 3 is 0.952 bits per heavy atom. The van der Waals surface area contributed by atoms with E-state index in [0.717, 1.165) is 0 Å². The van der Waals surface area contributed by atoms with Gasteiger partial charge in [-0.3, -0.25) is 0 Å². The predicted molar refractivity (Wildman–Crippen MR) is 88.8 cm³/mol. The Morgan fingerprint density at radius 2 is 0.905 bits per heavy atom. The van der Waals surface area contributed by atoms with E-state index in [9.17, 15) is 0 Å². The molecule has 0 fully saturated rings. The molecule has 0 spiro atoms. The summed E-state index contributed by atoms with van der Waals surface area (Å²) in [6.45, 7) is 17.7. The molecule has 2 aliphatic heterocycles. The maximum atomic E-state index is 3.31. The summed E-state index contributed by atoms with van der Waals surface area (Å²) in [6.07, 6.45) is 0. The number of allylic oxidation sites excluding steroid dienone is 4. The van der Waals surface area contributed by atoms with E-state index in [-0.39, 0.29) is 51.0 Å². The van der Waals surface area contributed by atoms with E-state index < -0.39 is 0 Å². The summed E-state index contributed by atoms with van der Waals surface area (Å²) in [7, 11) is 2.66. The molecule has 0 saturated carbocycles. The van der Waals surface area contributed by atoms with E-state index in [1.807, 2.05) is 0 Å². The second-order valence-electron chi connectivity index (χ2n) is 6.07. The summed E-state index contributed by atoms with van der Waals surface area (Å²) < 4.78 is 0. The molecule has 5 heteroatoms. The van der Waals surface area contributed by atoms with Gasteiger partial charge in [0.25, 0.3) is 0 Å². The summed E-state index contributed by atoms with van der Waals surface area (Å²) in [5.74, 6) is 6.62. The zero-order valence-corrected chi connectivity index (χ0v) is 19.9. The van der Waals surface area contributed by atoms with Crippen molar-refractivity contribution < 1.29 is 51.0 Å². The molecule has 0 aromatic rings. The Bertz CT molecular complexity index is 429. The van der Waals surface area contributed by atoms with Gasteiger partial charge >= 0.3 is 26.2 Å². The molecule has 0 N–H and O–H groups in total. The van der Waals surface area contributed by atoms with Gasteiger partial charge in [0.2, 0.25) is 0 Å². The molecule has 0 amide bonds. The van der Waals surface area contributed by atoms with Crippen LogP contribution in [0.3, 0.4) is 0 Å². The van der Waals surface area contributed by atoms with Crippen molar-refractivity contribution in [2.75, 3.05) is 0 Å². The average Bonchev–Trinajstić information content (AvgIpc) is 2.65. The summed E-state index contributed by atoms with van der Waals surface area (Å²) in [5, 5.41) is 0.730. The van der Waals surface area contributed by atoms with Crippen molar-refractivity contribution in [3.05, 3.63) is 22.3 Å². The molecular formula is C16H24Cl2P2Zr. The molecular weight excluding hydrogens is 416 g/mol. The Labute approximate surface area is 166 Å². The molecule has 0 radical (unpaired) electrons. The van der Waals surface area contributed by atoms with Crippen molar-refractivity contribution in [3.8, 4) is 0 Å². The fourth-order valence-corrected chi connectivity index (χ4v) is 3.60. The molecule has 2 aliphatic rings. The maximum Gasteiger partial charge on any atom is 4.00 e. The van der Waals surface area contributed by atoms with Crippen LogP contribution in [0, 0.1) is 0 Å². The number of rotatable bonds is 0. The maximum absolute atomic E-state index is 3.31. The fraction of sp³-hybridized carbons (Fsp3) is 0.625. The van der Waals surface area contributed by atoms with Crippen LogP contribution in [0.5, 0.6) is 0 Å². The number of halogens is 2. The standard InChI is InChI=1S/2C8H12P.2ClH.Zr/c2*1-6-5-9-8(3,4)7(6)2;;;/h2*1-4H3;2*1H;/q2*-1;;;+4/p-2. The molecule has 0 nitrogen and oxygen atoms in total. The molecule has 2 rings (SSSR count). The summed E-state index contributed by atoms with van der Waals surface area (Å²) in [6, 6.07) is 0. The van der Waals surface area contributed by atoms with Crippen molar-refractivity contribution in [1.82, 2.24) is 0 Å². The normalized spacial score (nSPS) is 21.7. The minimum absolute atomic E-state index is 0. The largest absolute Gasteiger partial charge is 4.00 e. The topological polar surface area (TPSA) is 0 Å². The monoisotopic (exact) mass is 438 g/mol. The van der Waals surface area contributed by atoms with E-state index in [4.69, 9.17) is 0 Å². The Kier molecular flexibility index (Phi) is 13.2. The molecule has 0 saturated heterocycles. The van der Waals surface area contributed by atoms with Crippen LogP contribution in [0.1, 0.15) is 55.4 Å². The van der Waals surface area contributed by atoms with E-state index >= 15 is 0 Å². The second kappa shape index (κ2) is 10.2. The van der Waals surface area contributed by atoms with Crippen molar-refractivity contribution >= 4 is 28.0 Å². The van der Waals surface area contributed by atoms with Gasteiger partial charge in [-0.25, -0.2) is 50.3 Å². The molecule has 0 unspecified atom stereocenters. The third-order valence-corrected chi connectivity index (χ3v) is 6.65. The predicted octanol–water partition coefficient (Wildman–Crippen LogP) is -0.514. The van der Waals surface area contributed by atoms with Crippen LogP contribution in [0.2, 0.25) is 0 Å². The fourth-order valence-electron chi connectivity index (χ4n) is 1.70. The van der Waals surface area contributed by atoms with Crippen LogP contribution in [-0.2, 0) is 26.2 Å². The first kappa shape index (κ1) is 27.1. The molecule has 0 aliphatic carbocycles. The van der Waals surface area contributed by atoms with E-state index in [1.165, 1.54) is 38.7 Å². The van der Waals surface area contributed by atoms with Crippen LogP contribution in [0.15, 0.2) is 22.3 Å². The zero-order chi connectivity index (χ0) is 14.1. The zero-order valence-electron chi connectivity index (χ0n) is 14.2. The van der Waals surface area contributed by atoms with E-state index in [1.54, 1.807) is 0 Å². The van der Waals surface area contributed by atoms with Crippen LogP contribution < -0.4 is 24.8 Å². The summed E-state index contributed by atoms with van der Waals surface area (Å²) in [4.78, 5) is 0. The van der Waals surface area contributed by atoms with Gasteiger partial charge < -0.3 is 24.8 Å². The van der Waals surface area contributed by atoms with Crippen LogP contribution in [0.25, 0.3) is 0 Å². The van der Waals surface area contributed by atoms with Crippen molar-refractivity contribution in [2.24, 2.45) is 0 Å². The van der Waals surface area contributed by atoms with Gasteiger partial charge in [-0.2, -0.15) is 0 Å². The summed E-state index contributed by atoms with van der Waals surface area (Å²) >= 11 is 0. The van der Waals surface area contributed by atoms with Gasteiger partial charge in [-0.05, 0) is 0 Å². The minimum atomic E-state index is 0. The molecule has 0 atom stereocenters. The van der Waals surface area contributed by atoms with Crippen molar-refractivity contribution in [3.63, 3.8) is 0 Å². The smallest absolute Gasteiger partial charge is 1.00 e. The molecule has 116 valence electrons. The van der Waals surface area contributed by atoms with Crippen molar-refractivity contribution in [2.45, 2.75) is 65.7 Å². The van der Waals surface area contributed by atoms with Gasteiger partial charge in [0, 0.05) is 0 Å². The van der Waals surface area contributed by atoms with E-state index in [2.05, 4.69) is 67.0 Å². The molecule has 0 bridgehead atoms. The Hall–Kier alpha value is 1.28. The average molecular weight is 440 g/mol. The SMILES string of the molecule is CC1=C(C)C(C)(C)P=[C-]1.CC1=C(C)C(C)(C)P=[C-]1.[Cl-].[Cl-].[Zr+4]. The third-order valence-electron chi connectivity index (χ3n) is 3.97. The first-order valence-corrected chi connectivity index (χ1v) is 8.18. The molecule has 21 heavy (non-hydrogen) atoms. The van der Waals surface area contributed by atoms with Gasteiger partial charge in [-0.15, -0.1) is 13.8 Å². The van der Waals surface area contributed by atoms with Crippen LogP contribution in [-0.4, -0.2) is 21.9 Å². The van der Waals surface area contributed by atoms with Crippen LogP contribution >= 0.6 is 16.4 Å². The van der Waals surface area contributed by atoms with E-state index in [0.29, 0.717) is 10.3 Å². The first-order valence-electron chi connectivity index (χ1n) is 6.39. The Balaban J connectivity index is -0.000000270. The Morgan fingerprint density at radius 1 is 0.667 bits per heavy atom. The van der Waals surface area contributed by atoms with Gasteiger partial charge in [0.15, 0.2) is 0 Å². The minimum Gasteiger partial charge on any atom is -1.00 e. The van der Waals surface area contributed by atoms with Crippen molar-refractivity contribution in [1.29, 1.82) is 0 Å². The molecule has 2 heterocycles. The number of hydrogen-bond acceptors (Lipinski definition) is 0. The van der Waals surface area contributed by atoms with Gasteiger partial charge in [0.05, 0.1) is 0 Å². The number of hydrogen-bond donors (Lipinski definition) is 0. The first-order chi connectivity index (χ1) is 8.08. The van der Waals surface area contributed by atoms with Gasteiger partial charge in [0.1, 0.15) is 0 Å². The third kappa shape index (κ3) is 7.14. The quantitative estimate of drug-likeness (QED) is 0.352. The molecule has 0 aromatic heterocycles. The summed E-state index contributed by atoms with van der Waals surface area (Å²) in [5.41, 5.74) is 5.68.